The summed E-state index contributed by atoms with van der Waals surface area (Å²) in [4.78, 5) is 13.2. The second kappa shape index (κ2) is 7.83. The van der Waals surface area contributed by atoms with Gasteiger partial charge in [0.2, 0.25) is 0 Å². The summed E-state index contributed by atoms with van der Waals surface area (Å²) in [6.07, 6.45) is 0. The van der Waals surface area contributed by atoms with E-state index in [0.717, 1.165) is 22.5 Å². The van der Waals surface area contributed by atoms with Gasteiger partial charge in [-0.05, 0) is 56.9 Å². The van der Waals surface area contributed by atoms with E-state index in [2.05, 4.69) is 54.9 Å². The fraction of sp³-hybridized carbons (Fsp3) is 0.292. The molecule has 1 amide bonds. The monoisotopic (exact) mass is 360 g/mol. The second-order valence-corrected chi connectivity index (χ2v) is 7.37. The largest absolute Gasteiger partial charge is 0.344 e. The van der Waals surface area contributed by atoms with Crippen LogP contribution in [-0.4, -0.2) is 10.5 Å². The minimum Gasteiger partial charge on any atom is -0.344 e. The van der Waals surface area contributed by atoms with Crippen LogP contribution in [0.3, 0.4) is 0 Å². The normalized spacial score (nSPS) is 12.0. The summed E-state index contributed by atoms with van der Waals surface area (Å²) in [5, 5.41) is 3.17. The predicted octanol–water partition coefficient (Wildman–Crippen LogP) is 5.26. The average Bonchev–Trinajstić information content (AvgIpc) is 2.86. The first-order chi connectivity index (χ1) is 12.9. The van der Waals surface area contributed by atoms with Crippen molar-refractivity contribution in [3.05, 3.63) is 93.8 Å². The predicted molar refractivity (Wildman–Crippen MR) is 111 cm³/mol. The quantitative estimate of drug-likeness (QED) is 0.661. The number of hydrogen-bond acceptors (Lipinski definition) is 1. The third kappa shape index (κ3) is 3.97. The average molecular weight is 361 g/mol. The molecular weight excluding hydrogens is 332 g/mol. The van der Waals surface area contributed by atoms with Crippen molar-refractivity contribution in [1.29, 1.82) is 0 Å². The van der Waals surface area contributed by atoms with Gasteiger partial charge in [0.05, 0.1) is 6.04 Å². The van der Waals surface area contributed by atoms with E-state index in [1.165, 1.54) is 16.7 Å². The van der Waals surface area contributed by atoms with Gasteiger partial charge >= 0.3 is 0 Å². The Morgan fingerprint density at radius 1 is 0.963 bits per heavy atom. The summed E-state index contributed by atoms with van der Waals surface area (Å²) in [6.45, 7) is 11.0. The first-order valence-corrected chi connectivity index (χ1v) is 9.46. The molecule has 3 heteroatoms. The summed E-state index contributed by atoms with van der Waals surface area (Å²) in [5.74, 6) is -0.0206. The maximum absolute atomic E-state index is 13.2. The smallest absolute Gasteiger partial charge is 0.268 e. The fourth-order valence-electron chi connectivity index (χ4n) is 3.60. The zero-order valence-electron chi connectivity index (χ0n) is 16.8. The van der Waals surface area contributed by atoms with E-state index in [-0.39, 0.29) is 11.9 Å². The molecule has 2 aromatic carbocycles. The maximum atomic E-state index is 13.2. The molecule has 140 valence electrons. The fourth-order valence-corrected chi connectivity index (χ4v) is 3.60. The molecule has 1 unspecified atom stereocenters. The van der Waals surface area contributed by atoms with Crippen LogP contribution >= 0.6 is 0 Å². The van der Waals surface area contributed by atoms with E-state index in [1.807, 2.05) is 44.2 Å². The van der Waals surface area contributed by atoms with Crippen LogP contribution in [0.2, 0.25) is 0 Å². The number of aromatic nitrogens is 1. The summed E-state index contributed by atoms with van der Waals surface area (Å²) < 4.78 is 2.15. The molecule has 3 rings (SSSR count). The van der Waals surface area contributed by atoms with E-state index in [1.54, 1.807) is 0 Å². The van der Waals surface area contributed by atoms with Crippen LogP contribution in [0.15, 0.2) is 54.6 Å². The number of carbonyl (C=O) groups is 1. The summed E-state index contributed by atoms with van der Waals surface area (Å²) in [6, 6.07) is 18.5. The minimum absolute atomic E-state index is 0.0206. The van der Waals surface area contributed by atoms with Gasteiger partial charge in [-0.15, -0.1) is 0 Å². The second-order valence-electron chi connectivity index (χ2n) is 7.37. The molecule has 0 aliphatic rings. The molecule has 3 aromatic rings. The summed E-state index contributed by atoms with van der Waals surface area (Å²) in [5.41, 5.74) is 7.68. The Kier molecular flexibility index (Phi) is 5.50. The van der Waals surface area contributed by atoms with E-state index in [9.17, 15) is 4.79 Å². The standard InChI is InChI=1S/C24H28N2O/c1-16-10-9-11-21(14-16)15-26-20(5)17(2)18(3)23(26)24(27)25-19(4)22-12-7-6-8-13-22/h6-14,19H,15H2,1-5H3,(H,25,27). The Hall–Kier alpha value is -2.81. The third-order valence-electron chi connectivity index (χ3n) is 5.42. The van der Waals surface area contributed by atoms with Gasteiger partial charge in [0.25, 0.3) is 5.91 Å². The number of aryl methyl sites for hydroxylation is 1. The molecule has 1 heterocycles. The van der Waals surface area contributed by atoms with Crippen molar-refractivity contribution in [2.24, 2.45) is 0 Å². The van der Waals surface area contributed by atoms with E-state index < -0.39 is 0 Å². The number of nitrogens with one attached hydrogen (secondary N) is 1. The zero-order valence-corrected chi connectivity index (χ0v) is 16.8. The summed E-state index contributed by atoms with van der Waals surface area (Å²) in [7, 11) is 0. The number of benzene rings is 2. The Labute approximate surface area is 162 Å². The molecule has 0 bridgehead atoms. The summed E-state index contributed by atoms with van der Waals surface area (Å²) >= 11 is 0. The molecule has 0 aliphatic carbocycles. The van der Waals surface area contributed by atoms with Crippen LogP contribution in [0, 0.1) is 27.7 Å². The van der Waals surface area contributed by atoms with Crippen molar-refractivity contribution in [3.63, 3.8) is 0 Å². The van der Waals surface area contributed by atoms with E-state index in [0.29, 0.717) is 6.54 Å². The maximum Gasteiger partial charge on any atom is 0.268 e. The first kappa shape index (κ1) is 19.0. The van der Waals surface area contributed by atoms with Gasteiger partial charge in [0, 0.05) is 12.2 Å². The van der Waals surface area contributed by atoms with Crippen molar-refractivity contribution >= 4 is 5.91 Å². The van der Waals surface area contributed by atoms with Gasteiger partial charge in [0.15, 0.2) is 0 Å². The first-order valence-electron chi connectivity index (χ1n) is 9.46. The van der Waals surface area contributed by atoms with Gasteiger partial charge in [0.1, 0.15) is 5.69 Å². The van der Waals surface area contributed by atoms with E-state index in [4.69, 9.17) is 0 Å². The number of carbonyl (C=O) groups excluding carboxylic acids is 1. The molecular formula is C24H28N2O. The number of rotatable bonds is 5. The van der Waals surface area contributed by atoms with Gasteiger partial charge in [-0.3, -0.25) is 4.79 Å². The number of hydrogen-bond donors (Lipinski definition) is 1. The van der Waals surface area contributed by atoms with Crippen molar-refractivity contribution in [2.45, 2.75) is 47.2 Å². The molecule has 0 spiro atoms. The Morgan fingerprint density at radius 3 is 2.33 bits per heavy atom. The van der Waals surface area contributed by atoms with Gasteiger partial charge < -0.3 is 9.88 Å². The Bertz CT molecular complexity index is 954. The van der Waals surface area contributed by atoms with Crippen molar-refractivity contribution in [3.8, 4) is 0 Å². The van der Waals surface area contributed by atoms with Crippen LogP contribution in [0.4, 0.5) is 0 Å². The van der Waals surface area contributed by atoms with E-state index >= 15 is 0 Å². The Morgan fingerprint density at radius 2 is 1.67 bits per heavy atom. The van der Waals surface area contributed by atoms with Crippen LogP contribution in [0.25, 0.3) is 0 Å². The number of nitrogens with zero attached hydrogens (tertiary/aromatic N) is 1. The molecule has 0 radical (unpaired) electrons. The lowest BCUT2D eigenvalue weighted by Crippen LogP contribution is -2.29. The lowest BCUT2D eigenvalue weighted by atomic mass is 10.1. The lowest BCUT2D eigenvalue weighted by molar-refractivity contribution is 0.0930. The lowest BCUT2D eigenvalue weighted by Gasteiger charge is -2.17. The van der Waals surface area contributed by atoms with Gasteiger partial charge in [-0.25, -0.2) is 0 Å². The van der Waals surface area contributed by atoms with Gasteiger partial charge in [-0.1, -0.05) is 60.2 Å². The van der Waals surface area contributed by atoms with Crippen molar-refractivity contribution < 1.29 is 4.79 Å². The topological polar surface area (TPSA) is 34.0 Å². The molecule has 27 heavy (non-hydrogen) atoms. The molecule has 3 nitrogen and oxygen atoms in total. The SMILES string of the molecule is Cc1cccc(Cn2c(C)c(C)c(C)c2C(=O)NC(C)c2ccccc2)c1. The highest BCUT2D eigenvalue weighted by Gasteiger charge is 2.22. The molecule has 0 saturated heterocycles. The van der Waals surface area contributed by atoms with Crippen LogP contribution in [0.5, 0.6) is 0 Å². The highest BCUT2D eigenvalue weighted by molar-refractivity contribution is 5.95. The zero-order chi connectivity index (χ0) is 19.6. The van der Waals surface area contributed by atoms with Crippen molar-refractivity contribution in [2.75, 3.05) is 0 Å². The molecule has 0 fully saturated rings. The molecule has 1 aromatic heterocycles. The Balaban J connectivity index is 1.92. The molecule has 0 aliphatic heterocycles. The number of amides is 1. The molecule has 0 saturated carbocycles. The minimum atomic E-state index is -0.0407. The van der Waals surface area contributed by atoms with Gasteiger partial charge in [-0.2, -0.15) is 0 Å². The highest BCUT2D eigenvalue weighted by atomic mass is 16.2. The van der Waals surface area contributed by atoms with Crippen LogP contribution in [-0.2, 0) is 6.54 Å². The highest BCUT2D eigenvalue weighted by Crippen LogP contribution is 2.24. The molecule has 1 N–H and O–H groups in total. The third-order valence-corrected chi connectivity index (χ3v) is 5.42. The van der Waals surface area contributed by atoms with Crippen molar-refractivity contribution in [1.82, 2.24) is 9.88 Å². The molecule has 1 atom stereocenters. The van der Waals surface area contributed by atoms with Crippen LogP contribution in [0.1, 0.15) is 57.0 Å². The van der Waals surface area contributed by atoms with Crippen LogP contribution < -0.4 is 5.32 Å².